The fourth-order valence-corrected chi connectivity index (χ4v) is 7.82. The molecule has 0 amide bonds. The molecule has 5 saturated carbocycles. The first-order chi connectivity index (χ1) is 11.4. The Morgan fingerprint density at radius 3 is 2.79 bits per heavy atom. The van der Waals surface area contributed by atoms with Crippen molar-refractivity contribution in [3.8, 4) is 0 Å². The van der Waals surface area contributed by atoms with Crippen LogP contribution in [0.25, 0.3) is 0 Å². The maximum absolute atomic E-state index is 13.6. The Bertz CT molecular complexity index is 652. The number of hydrogen-bond acceptors (Lipinski definition) is 3. The van der Waals surface area contributed by atoms with Crippen molar-refractivity contribution in [2.24, 2.45) is 34.0 Å². The third-order valence-electron chi connectivity index (χ3n) is 8.63. The molecule has 0 aromatic carbocycles. The number of carbonyl (C=O) groups excluding carboxylic acids is 1. The molecule has 1 spiro atoms. The van der Waals surface area contributed by atoms with E-state index in [1.54, 1.807) is 0 Å². The predicted octanol–water partition coefficient (Wildman–Crippen LogP) is 3.28. The van der Waals surface area contributed by atoms with Crippen LogP contribution in [-0.2, 0) is 9.53 Å². The van der Waals surface area contributed by atoms with Gasteiger partial charge in [-0.2, -0.15) is 0 Å². The average Bonchev–Trinajstić information content (AvgIpc) is 2.56. The molecule has 1 heterocycles. The Hall–Kier alpha value is -0.930. The minimum absolute atomic E-state index is 0.00338. The lowest BCUT2D eigenvalue weighted by Crippen LogP contribution is -2.72. The van der Waals surface area contributed by atoms with Crippen molar-refractivity contribution < 1.29 is 14.6 Å². The number of carbonyl (C=O) groups is 1. The van der Waals surface area contributed by atoms with E-state index in [1.807, 2.05) is 0 Å². The maximum atomic E-state index is 13.6. The summed E-state index contributed by atoms with van der Waals surface area (Å²) < 4.78 is 6.14. The summed E-state index contributed by atoms with van der Waals surface area (Å²) in [4.78, 5) is 13.6. The largest absolute Gasteiger partial charge is 0.388 e. The van der Waals surface area contributed by atoms with Crippen LogP contribution in [0.2, 0.25) is 0 Å². The van der Waals surface area contributed by atoms with Crippen molar-refractivity contribution in [3.63, 3.8) is 0 Å². The van der Waals surface area contributed by atoms with E-state index in [2.05, 4.69) is 20.1 Å². The van der Waals surface area contributed by atoms with Crippen LogP contribution in [0.3, 0.4) is 0 Å². The van der Waals surface area contributed by atoms with Gasteiger partial charge in [0, 0.05) is 11.3 Å². The second kappa shape index (κ2) is 4.42. The molecule has 3 heteroatoms. The summed E-state index contributed by atoms with van der Waals surface area (Å²) in [6.45, 7) is 12.2. The van der Waals surface area contributed by atoms with Crippen LogP contribution in [0.1, 0.15) is 45.4 Å². The van der Waals surface area contributed by atoms with Gasteiger partial charge in [0.15, 0.2) is 5.78 Å². The Morgan fingerprint density at radius 2 is 2.00 bits per heavy atom. The summed E-state index contributed by atoms with van der Waals surface area (Å²) in [5.74, 6) is 0.980. The quantitative estimate of drug-likeness (QED) is 0.548. The molecule has 130 valence electrons. The van der Waals surface area contributed by atoms with Crippen molar-refractivity contribution in [1.82, 2.24) is 0 Å². The lowest BCUT2D eigenvalue weighted by atomic mass is 9.34. The first-order valence-corrected chi connectivity index (χ1v) is 9.55. The molecule has 1 saturated heterocycles. The van der Waals surface area contributed by atoms with Gasteiger partial charge in [0.05, 0.1) is 24.7 Å². The second-order valence-corrected chi connectivity index (χ2v) is 9.56. The molecule has 4 bridgehead atoms. The highest BCUT2D eigenvalue weighted by Crippen LogP contribution is 2.73. The fourth-order valence-electron chi connectivity index (χ4n) is 7.82. The molecule has 24 heavy (non-hydrogen) atoms. The smallest absolute Gasteiger partial charge is 0.167 e. The number of Topliss-reactive ketones (excluding diaryl/α,β-unsaturated/α-hetero) is 1. The highest BCUT2D eigenvalue weighted by atomic mass is 16.5. The van der Waals surface area contributed by atoms with Gasteiger partial charge in [-0.1, -0.05) is 26.5 Å². The molecule has 1 aliphatic heterocycles. The lowest BCUT2D eigenvalue weighted by Gasteiger charge is -2.70. The van der Waals surface area contributed by atoms with Gasteiger partial charge in [0.2, 0.25) is 0 Å². The topological polar surface area (TPSA) is 46.5 Å². The second-order valence-electron chi connectivity index (χ2n) is 9.56. The molecule has 0 aromatic rings. The zero-order valence-electron chi connectivity index (χ0n) is 14.6. The Morgan fingerprint density at radius 1 is 1.21 bits per heavy atom. The van der Waals surface area contributed by atoms with Gasteiger partial charge in [0.25, 0.3) is 0 Å². The van der Waals surface area contributed by atoms with Gasteiger partial charge in [0.1, 0.15) is 0 Å². The van der Waals surface area contributed by atoms with E-state index in [4.69, 9.17) is 4.74 Å². The number of hydrogen-bond donors (Lipinski definition) is 1. The average molecular weight is 328 g/mol. The number of allylic oxidation sites excluding steroid dienone is 1. The standard InChI is InChI=1S/C21H28O3/c1-12-14-5-8-21(17(12)22)15(9-14)20-7-4-6-19(3,10-24-11-20)16(20)13(2)18(21)23/h14-17,22H,1-2,4-11H2,3H3/t14-,15?,16?,17-,19-,20+,21?/m0/s1. The predicted molar refractivity (Wildman–Crippen MR) is 91.3 cm³/mol. The summed E-state index contributed by atoms with van der Waals surface area (Å²) in [6, 6.07) is 0. The molecule has 6 rings (SSSR count). The van der Waals surface area contributed by atoms with Crippen LogP contribution in [0.5, 0.6) is 0 Å². The van der Waals surface area contributed by atoms with Crippen LogP contribution >= 0.6 is 0 Å². The van der Waals surface area contributed by atoms with Crippen LogP contribution in [0.4, 0.5) is 0 Å². The molecule has 3 nitrogen and oxygen atoms in total. The van der Waals surface area contributed by atoms with Crippen molar-refractivity contribution in [2.75, 3.05) is 13.2 Å². The monoisotopic (exact) mass is 328 g/mol. The Kier molecular flexibility index (Phi) is 2.83. The van der Waals surface area contributed by atoms with Crippen molar-refractivity contribution in [1.29, 1.82) is 0 Å². The van der Waals surface area contributed by atoms with Gasteiger partial charge < -0.3 is 9.84 Å². The molecule has 6 fully saturated rings. The van der Waals surface area contributed by atoms with E-state index in [-0.39, 0.29) is 28.4 Å². The number of aliphatic hydroxyl groups is 1. The third kappa shape index (κ3) is 1.43. The normalized spacial score (nSPS) is 56.0. The lowest BCUT2D eigenvalue weighted by molar-refractivity contribution is -0.237. The van der Waals surface area contributed by atoms with Crippen LogP contribution < -0.4 is 0 Å². The third-order valence-corrected chi connectivity index (χ3v) is 8.63. The van der Waals surface area contributed by atoms with Gasteiger partial charge in [-0.05, 0) is 60.5 Å². The summed E-state index contributed by atoms with van der Waals surface area (Å²) in [6.07, 6.45) is 5.53. The van der Waals surface area contributed by atoms with Gasteiger partial charge in [-0.15, -0.1) is 0 Å². The van der Waals surface area contributed by atoms with Crippen molar-refractivity contribution >= 4 is 5.78 Å². The fraction of sp³-hybridized carbons (Fsp3) is 0.762. The molecule has 0 aromatic heterocycles. The molecule has 3 unspecified atom stereocenters. The molecule has 1 N–H and O–H groups in total. The molecule has 6 aliphatic rings. The number of rotatable bonds is 0. The van der Waals surface area contributed by atoms with Crippen LogP contribution in [0, 0.1) is 34.0 Å². The molecule has 5 aliphatic carbocycles. The van der Waals surface area contributed by atoms with E-state index in [0.717, 1.165) is 56.5 Å². The molecular weight excluding hydrogens is 300 g/mol. The van der Waals surface area contributed by atoms with Gasteiger partial charge in [-0.3, -0.25) is 4.79 Å². The van der Waals surface area contributed by atoms with E-state index in [9.17, 15) is 9.90 Å². The van der Waals surface area contributed by atoms with Crippen LogP contribution in [0.15, 0.2) is 24.3 Å². The minimum Gasteiger partial charge on any atom is -0.388 e. The van der Waals surface area contributed by atoms with Crippen molar-refractivity contribution in [3.05, 3.63) is 24.3 Å². The van der Waals surface area contributed by atoms with Crippen molar-refractivity contribution in [2.45, 2.75) is 51.6 Å². The maximum Gasteiger partial charge on any atom is 0.167 e. The highest BCUT2D eigenvalue weighted by Gasteiger charge is 2.73. The summed E-state index contributed by atoms with van der Waals surface area (Å²) >= 11 is 0. The summed E-state index contributed by atoms with van der Waals surface area (Å²) in [7, 11) is 0. The zero-order valence-corrected chi connectivity index (χ0v) is 14.6. The van der Waals surface area contributed by atoms with E-state index in [0.29, 0.717) is 5.92 Å². The molecule has 0 radical (unpaired) electrons. The number of ether oxygens (including phenoxy) is 1. The summed E-state index contributed by atoms with van der Waals surface area (Å²) in [5.41, 5.74) is 1.03. The van der Waals surface area contributed by atoms with E-state index in [1.165, 1.54) is 6.42 Å². The number of fused-ring (bicyclic) bond motifs is 2. The van der Waals surface area contributed by atoms with E-state index >= 15 is 0 Å². The zero-order chi connectivity index (χ0) is 16.9. The van der Waals surface area contributed by atoms with E-state index < -0.39 is 11.5 Å². The Labute approximate surface area is 144 Å². The molecular formula is C21H28O3. The highest BCUT2D eigenvalue weighted by molar-refractivity contribution is 6.02. The van der Waals surface area contributed by atoms with Gasteiger partial charge >= 0.3 is 0 Å². The first kappa shape index (κ1) is 15.3. The number of ketones is 1. The minimum atomic E-state index is -0.690. The first-order valence-electron chi connectivity index (χ1n) is 9.55. The number of aliphatic hydroxyl groups excluding tert-OH is 1. The molecule has 7 atom stereocenters. The SMILES string of the molecule is C=C1C(=O)C23CC[C@@H](CC2[C@@]24CCC[C@@](C)(COC2)C14)C(=C)[C@@H]3O. The van der Waals surface area contributed by atoms with Gasteiger partial charge in [-0.25, -0.2) is 0 Å². The summed E-state index contributed by atoms with van der Waals surface area (Å²) in [5, 5.41) is 11.1. The Balaban J connectivity index is 1.73. The van der Waals surface area contributed by atoms with Crippen LogP contribution in [-0.4, -0.2) is 30.2 Å².